The van der Waals surface area contributed by atoms with Crippen LogP contribution in [0.25, 0.3) is 0 Å². The van der Waals surface area contributed by atoms with Crippen LogP contribution in [0.5, 0.6) is 0 Å². The molecular weight excluding hydrogens is 187 g/mol. The number of carbonyl (C=O) groups excluding carboxylic acids is 1. The lowest BCUT2D eigenvalue weighted by Crippen LogP contribution is -2.31. The topological polar surface area (TPSA) is 17.1 Å². The molecule has 0 radical (unpaired) electrons. The van der Waals surface area contributed by atoms with Crippen molar-refractivity contribution in [1.29, 1.82) is 0 Å². The molecule has 0 spiro atoms. The lowest BCUT2D eigenvalue weighted by Gasteiger charge is -2.25. The molecule has 0 fully saturated rings. The van der Waals surface area contributed by atoms with Gasteiger partial charge in [-0.15, -0.1) is 11.6 Å². The van der Waals surface area contributed by atoms with E-state index in [0.717, 1.165) is 0 Å². The van der Waals surface area contributed by atoms with Gasteiger partial charge in [0.05, 0.1) is 0 Å². The first-order valence-electron chi connectivity index (χ1n) is 3.21. The summed E-state index contributed by atoms with van der Waals surface area (Å²) in [7, 11) is -1.07. The number of hydrogen-bond acceptors (Lipinski definition) is 1. The Labute approximate surface area is 73.3 Å². The Morgan fingerprint density at radius 2 is 2.00 bits per heavy atom. The minimum Gasteiger partial charge on any atom is -0.281 e. The summed E-state index contributed by atoms with van der Waals surface area (Å²) in [5, 5.41) is -0.715. The van der Waals surface area contributed by atoms with Gasteiger partial charge >= 0.3 is 0 Å². The van der Waals surface area contributed by atoms with Crippen LogP contribution in [-0.4, -0.2) is 19.9 Å². The molecule has 0 N–H and O–H groups in total. The highest BCUT2D eigenvalue weighted by Gasteiger charge is 2.34. The molecule has 60 valence electrons. The van der Waals surface area contributed by atoms with Gasteiger partial charge < -0.3 is 0 Å². The van der Waals surface area contributed by atoms with E-state index in [1.165, 1.54) is 0 Å². The van der Waals surface area contributed by atoms with E-state index in [-0.39, 0.29) is 5.24 Å². The minimum absolute atomic E-state index is 0.288. The van der Waals surface area contributed by atoms with Crippen LogP contribution in [0.3, 0.4) is 0 Å². The Hall–Kier alpha value is 0.467. The average Bonchev–Trinajstić information content (AvgIpc) is 1.85. The van der Waals surface area contributed by atoms with Gasteiger partial charge in [0.25, 0.3) is 0 Å². The molecule has 1 unspecified atom stereocenters. The maximum atomic E-state index is 10.9. The first kappa shape index (κ1) is 10.5. The van der Waals surface area contributed by atoms with Crippen molar-refractivity contribution >= 4 is 37.2 Å². The highest BCUT2D eigenvalue weighted by atomic mass is 35.5. The van der Waals surface area contributed by atoms with Crippen molar-refractivity contribution < 1.29 is 4.79 Å². The highest BCUT2D eigenvalue weighted by molar-refractivity contribution is 6.78. The molecule has 0 aromatic rings. The summed E-state index contributed by atoms with van der Waals surface area (Å²) in [6.07, 6.45) is 0. The summed E-state index contributed by atoms with van der Waals surface area (Å²) < 4.78 is 0. The van der Waals surface area contributed by atoms with Crippen molar-refractivity contribution in [2.75, 3.05) is 5.88 Å². The third-order valence-corrected chi connectivity index (χ3v) is 6.44. The summed E-state index contributed by atoms with van der Waals surface area (Å²) in [6, 6.07) is 0. The molecule has 4 heteroatoms. The van der Waals surface area contributed by atoms with Crippen LogP contribution in [0.4, 0.5) is 0 Å². The molecule has 0 bridgehead atoms. The summed E-state index contributed by atoms with van der Waals surface area (Å²) in [6.45, 7) is 5.98. The summed E-state index contributed by atoms with van der Waals surface area (Å²) in [5.74, 6) is 0.346. The predicted molar refractivity (Wildman–Crippen MR) is 48.8 cm³/mol. The average molecular weight is 199 g/mol. The molecule has 1 atom stereocenters. The van der Waals surface area contributed by atoms with E-state index >= 15 is 0 Å². The van der Waals surface area contributed by atoms with Crippen molar-refractivity contribution in [3.8, 4) is 0 Å². The quantitative estimate of drug-likeness (QED) is 0.387. The van der Waals surface area contributed by atoms with Crippen LogP contribution in [0.2, 0.25) is 18.1 Å². The zero-order valence-electron chi connectivity index (χ0n) is 6.45. The molecule has 0 rings (SSSR count). The SMILES string of the molecule is C[SiH](C)C(C)(CCl)C(=O)Cl. The lowest BCUT2D eigenvalue weighted by atomic mass is 10.2. The lowest BCUT2D eigenvalue weighted by molar-refractivity contribution is -0.113. The first-order valence-corrected chi connectivity index (χ1v) is 7.01. The van der Waals surface area contributed by atoms with Gasteiger partial charge in [-0.3, -0.25) is 4.79 Å². The van der Waals surface area contributed by atoms with Gasteiger partial charge in [0.1, 0.15) is 0 Å². The molecule has 0 aromatic heterocycles. The van der Waals surface area contributed by atoms with E-state index in [2.05, 4.69) is 13.1 Å². The Balaban J connectivity index is 4.38. The van der Waals surface area contributed by atoms with Crippen molar-refractivity contribution in [1.82, 2.24) is 0 Å². The monoisotopic (exact) mass is 198 g/mol. The van der Waals surface area contributed by atoms with E-state index in [1.54, 1.807) is 0 Å². The number of rotatable bonds is 3. The zero-order valence-corrected chi connectivity index (χ0v) is 9.12. The van der Waals surface area contributed by atoms with Gasteiger partial charge in [0.15, 0.2) is 0 Å². The fourth-order valence-corrected chi connectivity index (χ4v) is 3.03. The third-order valence-electron chi connectivity index (χ3n) is 2.00. The molecule has 0 saturated carbocycles. The molecule has 0 saturated heterocycles. The third kappa shape index (κ3) is 1.97. The molecule has 0 aliphatic rings. The van der Waals surface area contributed by atoms with Crippen molar-refractivity contribution in [3.05, 3.63) is 0 Å². The van der Waals surface area contributed by atoms with E-state index in [4.69, 9.17) is 23.2 Å². The zero-order chi connectivity index (χ0) is 8.36. The van der Waals surface area contributed by atoms with Crippen molar-refractivity contribution in [2.45, 2.75) is 25.1 Å². The fraction of sp³-hybridized carbons (Fsp3) is 0.833. The van der Waals surface area contributed by atoms with E-state index in [9.17, 15) is 4.79 Å². The van der Waals surface area contributed by atoms with E-state index < -0.39 is 13.8 Å². The second-order valence-corrected chi connectivity index (χ2v) is 7.17. The second-order valence-electron chi connectivity index (χ2n) is 2.98. The van der Waals surface area contributed by atoms with Crippen LogP contribution in [0.15, 0.2) is 0 Å². The minimum atomic E-state index is -1.07. The molecular formula is C6H12Cl2OSi. The molecule has 0 heterocycles. The normalized spacial score (nSPS) is 17.0. The highest BCUT2D eigenvalue weighted by Crippen LogP contribution is 2.33. The van der Waals surface area contributed by atoms with Gasteiger partial charge in [0, 0.05) is 19.7 Å². The van der Waals surface area contributed by atoms with Crippen LogP contribution < -0.4 is 0 Å². The van der Waals surface area contributed by atoms with Gasteiger partial charge in [-0.2, -0.15) is 0 Å². The Morgan fingerprint density at radius 1 is 1.60 bits per heavy atom. The van der Waals surface area contributed by atoms with Crippen LogP contribution in [-0.2, 0) is 4.79 Å². The van der Waals surface area contributed by atoms with E-state index in [1.807, 2.05) is 6.92 Å². The van der Waals surface area contributed by atoms with E-state index in [0.29, 0.717) is 5.88 Å². The standard InChI is InChI=1S/C6H12Cl2OSi/c1-6(4-7,5(8)9)10(2)3/h10H,4H2,1-3H3. The molecule has 0 amide bonds. The molecule has 0 aliphatic carbocycles. The summed E-state index contributed by atoms with van der Waals surface area (Å²) in [4.78, 5) is 10.9. The van der Waals surface area contributed by atoms with Crippen LogP contribution in [0.1, 0.15) is 6.92 Å². The Bertz CT molecular complexity index is 138. The van der Waals surface area contributed by atoms with Crippen LogP contribution >= 0.6 is 23.2 Å². The van der Waals surface area contributed by atoms with Crippen molar-refractivity contribution in [3.63, 3.8) is 0 Å². The number of halogens is 2. The van der Waals surface area contributed by atoms with Gasteiger partial charge in [0.2, 0.25) is 5.24 Å². The summed E-state index contributed by atoms with van der Waals surface area (Å²) in [5.41, 5.74) is 0. The van der Waals surface area contributed by atoms with Gasteiger partial charge in [-0.1, -0.05) is 20.0 Å². The maximum absolute atomic E-state index is 10.9. The molecule has 0 aliphatic heterocycles. The largest absolute Gasteiger partial charge is 0.281 e. The molecule has 10 heavy (non-hydrogen) atoms. The van der Waals surface area contributed by atoms with Crippen LogP contribution in [0, 0.1) is 0 Å². The molecule has 1 nitrogen and oxygen atoms in total. The number of hydrogen-bond donors (Lipinski definition) is 0. The number of carbonyl (C=O) groups is 1. The molecule has 0 aromatic carbocycles. The van der Waals surface area contributed by atoms with Gasteiger partial charge in [-0.05, 0) is 11.6 Å². The van der Waals surface area contributed by atoms with Gasteiger partial charge in [-0.25, -0.2) is 0 Å². The Morgan fingerprint density at radius 3 is 2.00 bits per heavy atom. The first-order chi connectivity index (χ1) is 4.45. The maximum Gasteiger partial charge on any atom is 0.225 e. The Kier molecular flexibility index (Phi) is 3.92. The number of alkyl halides is 1. The fourth-order valence-electron chi connectivity index (χ4n) is 0.434. The second kappa shape index (κ2) is 3.74. The summed E-state index contributed by atoms with van der Waals surface area (Å²) >= 11 is 11.0. The predicted octanol–water partition coefficient (Wildman–Crippen LogP) is 2.24. The smallest absolute Gasteiger partial charge is 0.225 e. The van der Waals surface area contributed by atoms with Crippen molar-refractivity contribution in [2.24, 2.45) is 0 Å².